The van der Waals surface area contributed by atoms with Crippen molar-refractivity contribution in [2.24, 2.45) is 0 Å². The van der Waals surface area contributed by atoms with Crippen molar-refractivity contribution in [3.05, 3.63) is 247 Å². The van der Waals surface area contributed by atoms with Gasteiger partial charge >= 0.3 is 0 Å². The van der Waals surface area contributed by atoms with Crippen LogP contribution in [0.5, 0.6) is 0 Å². The lowest BCUT2D eigenvalue weighted by Gasteiger charge is -2.26. The summed E-state index contributed by atoms with van der Waals surface area (Å²) in [5, 5.41) is 3.66. The lowest BCUT2D eigenvalue weighted by Crippen LogP contribution is -2.23. The van der Waals surface area contributed by atoms with Crippen LogP contribution in [0.4, 0.5) is 0 Å². The van der Waals surface area contributed by atoms with Crippen LogP contribution in [0.1, 0.15) is 63.7 Å². The molecule has 4 nitrogen and oxygen atoms in total. The zero-order chi connectivity index (χ0) is 46.8. The highest BCUT2D eigenvalue weighted by molar-refractivity contribution is 8.30. The van der Waals surface area contributed by atoms with E-state index in [-0.39, 0.29) is 23.1 Å². The molecule has 0 saturated heterocycles. The maximum absolute atomic E-state index is 15.2. The Kier molecular flexibility index (Phi) is 9.52. The van der Waals surface area contributed by atoms with Crippen molar-refractivity contribution in [2.45, 2.75) is 19.6 Å². The molecule has 328 valence electrons. The molecule has 0 aromatic heterocycles. The van der Waals surface area contributed by atoms with Gasteiger partial charge < -0.3 is 0 Å². The molecule has 0 amide bonds. The van der Waals surface area contributed by atoms with Gasteiger partial charge in [0.2, 0.25) is 0 Å². The Hall–Kier alpha value is -7.46. The number of rotatable bonds is 4. The van der Waals surface area contributed by atoms with Crippen molar-refractivity contribution in [2.75, 3.05) is 0 Å². The van der Waals surface area contributed by atoms with Crippen LogP contribution in [0.2, 0.25) is 0 Å². The van der Waals surface area contributed by atoms with Crippen LogP contribution < -0.4 is 0 Å². The fraction of sp³-hybridized carbons (Fsp3) is 0. The molecule has 0 saturated carbocycles. The Morgan fingerprint density at radius 2 is 0.429 bits per heavy atom. The average Bonchev–Trinajstić information content (AvgIpc) is 4.04. The molecular formula is C62H32O4S4. The van der Waals surface area contributed by atoms with Crippen LogP contribution in [-0.2, 0) is 0 Å². The largest absolute Gasteiger partial charge is 0.289 e. The van der Waals surface area contributed by atoms with E-state index in [0.29, 0.717) is 44.5 Å². The number of hydrogen-bond donors (Lipinski definition) is 0. The molecule has 0 atom stereocenters. The van der Waals surface area contributed by atoms with E-state index in [2.05, 4.69) is 0 Å². The van der Waals surface area contributed by atoms with Crippen LogP contribution in [0.3, 0.4) is 0 Å². The van der Waals surface area contributed by atoms with Crippen LogP contribution >= 0.6 is 47.0 Å². The minimum Gasteiger partial charge on any atom is -0.289 e. The molecular weight excluding hydrogens is 937 g/mol. The molecule has 8 heteroatoms. The second-order valence-corrected chi connectivity index (χ2v) is 22.3. The fourth-order valence-corrected chi connectivity index (χ4v) is 16.1. The first-order valence-corrected chi connectivity index (χ1v) is 26.1. The minimum atomic E-state index is -0.169. The maximum Gasteiger partial charge on any atom is 0.195 e. The molecule has 10 aromatic rings. The summed E-state index contributed by atoms with van der Waals surface area (Å²) in [5.41, 5.74) is 9.91. The van der Waals surface area contributed by atoms with Crippen molar-refractivity contribution in [1.82, 2.24) is 0 Å². The van der Waals surface area contributed by atoms with Gasteiger partial charge in [0, 0.05) is 86.3 Å². The van der Waals surface area contributed by atoms with Gasteiger partial charge in [-0.05, 0) is 68.1 Å². The predicted molar refractivity (Wildman–Crippen MR) is 287 cm³/mol. The van der Waals surface area contributed by atoms with Crippen molar-refractivity contribution < 1.29 is 19.2 Å². The minimum absolute atomic E-state index is 0.169. The smallest absolute Gasteiger partial charge is 0.195 e. The summed E-state index contributed by atoms with van der Waals surface area (Å²) in [6.07, 6.45) is 0. The molecule has 0 spiro atoms. The fourth-order valence-electron chi connectivity index (χ4n) is 10.7. The van der Waals surface area contributed by atoms with Gasteiger partial charge in [0.15, 0.2) is 23.1 Å². The SMILES string of the molecule is O=C1c2cc3c(cc2C(=O)c2c1c(-c1ccccc1)c1ccccc1c2-c1ccccc1)SC(=C1Sc2cc4c(cc2S1)C(=O)c1c(c(-c2ccccc2)c2ccccc2c1-c1ccccc1)C4=O)S3. The van der Waals surface area contributed by atoms with Crippen molar-refractivity contribution in [3.8, 4) is 44.5 Å². The summed E-state index contributed by atoms with van der Waals surface area (Å²) in [7, 11) is 0. The van der Waals surface area contributed by atoms with Crippen LogP contribution in [0.15, 0.2) is 222 Å². The third-order valence-corrected chi connectivity index (χ3v) is 19.3. The molecule has 2 aliphatic heterocycles. The summed E-state index contributed by atoms with van der Waals surface area (Å²) >= 11 is 6.37. The predicted octanol–water partition coefficient (Wildman–Crippen LogP) is 16.4. The van der Waals surface area contributed by atoms with E-state index < -0.39 is 0 Å². The normalized spacial score (nSPS) is 14.4. The standard InChI is InChI=1S/C62H32O4S4/c63-57-41-29-45-46(30-42(41)58(64)54-50(34-19-7-2-8-20-34)38-26-14-13-25-37(38)49(53(54)57)33-17-5-1-6-18-33)68-61(67-45)62-69-47-31-43-44(32-48(47)70-62)60(66)56-52(36-23-11-4-12-24-36)40-28-16-15-27-39(40)51(55(56)59(43)65)35-21-9-3-10-22-35/h1-32H. The molecule has 4 aliphatic rings. The van der Waals surface area contributed by atoms with Crippen LogP contribution in [0.25, 0.3) is 66.1 Å². The highest BCUT2D eigenvalue weighted by Crippen LogP contribution is 2.63. The number of hydrogen-bond acceptors (Lipinski definition) is 8. The highest BCUT2D eigenvalue weighted by atomic mass is 32.2. The molecule has 0 bridgehead atoms. The van der Waals surface area contributed by atoms with Crippen LogP contribution in [-0.4, -0.2) is 23.1 Å². The van der Waals surface area contributed by atoms with E-state index >= 15 is 19.2 Å². The van der Waals surface area contributed by atoms with E-state index in [0.717, 1.165) is 94.1 Å². The number of fused-ring (bicyclic) bond motifs is 8. The van der Waals surface area contributed by atoms with Gasteiger partial charge in [0.25, 0.3) is 0 Å². The second kappa shape index (κ2) is 16.1. The summed E-state index contributed by atoms with van der Waals surface area (Å²) < 4.78 is 2.04. The Labute approximate surface area is 419 Å². The van der Waals surface area contributed by atoms with Gasteiger partial charge in [-0.1, -0.05) is 217 Å². The monoisotopic (exact) mass is 968 g/mol. The first-order chi connectivity index (χ1) is 34.4. The van der Waals surface area contributed by atoms with Gasteiger partial charge in [-0.3, -0.25) is 19.2 Å². The number of thioether (sulfide) groups is 4. The van der Waals surface area contributed by atoms with Crippen molar-refractivity contribution in [3.63, 3.8) is 0 Å². The molecule has 0 radical (unpaired) electrons. The second-order valence-electron chi connectivity index (χ2n) is 17.5. The van der Waals surface area contributed by atoms with Gasteiger partial charge in [-0.2, -0.15) is 0 Å². The molecule has 14 rings (SSSR count). The van der Waals surface area contributed by atoms with E-state index in [1.165, 1.54) is 0 Å². The highest BCUT2D eigenvalue weighted by Gasteiger charge is 2.41. The molecule has 0 N–H and O–H groups in total. The topological polar surface area (TPSA) is 68.3 Å². The van der Waals surface area contributed by atoms with Crippen LogP contribution in [0, 0.1) is 0 Å². The third kappa shape index (κ3) is 6.17. The van der Waals surface area contributed by atoms with E-state index in [4.69, 9.17) is 0 Å². The van der Waals surface area contributed by atoms with Gasteiger partial charge in [0.05, 0.1) is 8.47 Å². The molecule has 2 heterocycles. The number of carbonyl (C=O) groups excluding carboxylic acids is 4. The van der Waals surface area contributed by atoms with E-state index in [1.807, 2.05) is 194 Å². The Morgan fingerprint density at radius 3 is 0.643 bits per heavy atom. The summed E-state index contributed by atoms with van der Waals surface area (Å²) in [6, 6.07) is 63.4. The van der Waals surface area contributed by atoms with Crippen molar-refractivity contribution >= 4 is 91.7 Å². The lowest BCUT2D eigenvalue weighted by molar-refractivity contribution is 0.0979. The molecule has 10 aromatic carbocycles. The number of carbonyl (C=O) groups is 4. The molecule has 0 fully saturated rings. The van der Waals surface area contributed by atoms with Crippen molar-refractivity contribution in [1.29, 1.82) is 0 Å². The van der Waals surface area contributed by atoms with Gasteiger partial charge in [-0.15, -0.1) is 0 Å². The summed E-state index contributed by atoms with van der Waals surface area (Å²) in [4.78, 5) is 64.6. The first kappa shape index (κ1) is 41.5. The lowest BCUT2D eigenvalue weighted by atomic mass is 9.74. The van der Waals surface area contributed by atoms with E-state index in [9.17, 15) is 0 Å². The third-order valence-electron chi connectivity index (χ3n) is 13.7. The first-order valence-electron chi connectivity index (χ1n) is 22.8. The Morgan fingerprint density at radius 1 is 0.229 bits per heavy atom. The number of benzene rings is 10. The van der Waals surface area contributed by atoms with Gasteiger partial charge in [0.1, 0.15) is 0 Å². The maximum atomic E-state index is 15.2. The molecule has 0 unspecified atom stereocenters. The van der Waals surface area contributed by atoms with E-state index in [1.54, 1.807) is 47.0 Å². The Bertz CT molecular complexity index is 3530. The zero-order valence-corrected chi connectivity index (χ0v) is 40.0. The number of ketones is 4. The molecule has 70 heavy (non-hydrogen) atoms. The summed E-state index contributed by atoms with van der Waals surface area (Å²) in [5.74, 6) is -0.676. The zero-order valence-electron chi connectivity index (χ0n) is 36.7. The summed E-state index contributed by atoms with van der Waals surface area (Å²) in [6.45, 7) is 0. The molecule has 2 aliphatic carbocycles. The Balaban J connectivity index is 0.871. The van der Waals surface area contributed by atoms with Gasteiger partial charge in [-0.25, -0.2) is 0 Å². The average molecular weight is 969 g/mol. The quantitative estimate of drug-likeness (QED) is 0.173.